The molecule has 0 aliphatic carbocycles. The number of hydrogen-bond donors (Lipinski definition) is 2. The molecule has 1 aliphatic rings. The molecule has 2 amide bonds. The van der Waals surface area contributed by atoms with Crippen molar-refractivity contribution in [2.24, 2.45) is 5.73 Å². The number of amides is 2. The molecule has 31 heavy (non-hydrogen) atoms. The van der Waals surface area contributed by atoms with Crippen LogP contribution in [0.5, 0.6) is 0 Å². The maximum Gasteiger partial charge on any atom is 0.336 e. The topological polar surface area (TPSA) is 102 Å². The third-order valence-electron chi connectivity index (χ3n) is 5.32. The van der Waals surface area contributed by atoms with Gasteiger partial charge in [0.2, 0.25) is 11.8 Å². The van der Waals surface area contributed by atoms with Crippen molar-refractivity contribution < 1.29 is 23.5 Å². The van der Waals surface area contributed by atoms with Gasteiger partial charge in [-0.2, -0.15) is 0 Å². The van der Waals surface area contributed by atoms with Gasteiger partial charge in [-0.25, -0.2) is 9.18 Å². The molecular weight excluding hydrogens is 401 g/mol. The summed E-state index contributed by atoms with van der Waals surface area (Å²) in [6.45, 7) is 4.49. The van der Waals surface area contributed by atoms with Crippen molar-refractivity contribution in [3.05, 3.63) is 46.9 Å². The Morgan fingerprint density at radius 2 is 2.00 bits per heavy atom. The van der Waals surface area contributed by atoms with Gasteiger partial charge in [0.05, 0.1) is 12.2 Å². The molecule has 0 saturated heterocycles. The van der Waals surface area contributed by atoms with Gasteiger partial charge in [0.25, 0.3) is 0 Å². The van der Waals surface area contributed by atoms with Crippen molar-refractivity contribution in [1.82, 2.24) is 10.2 Å². The molecule has 1 unspecified atom stereocenters. The number of nitrogens with zero attached hydrogens (tertiary/aromatic N) is 1. The van der Waals surface area contributed by atoms with Crippen molar-refractivity contribution in [2.75, 3.05) is 26.2 Å². The summed E-state index contributed by atoms with van der Waals surface area (Å²) in [6.07, 6.45) is 3.75. The number of unbranched alkanes of at least 4 members (excludes halogenated alkanes) is 3. The van der Waals surface area contributed by atoms with E-state index in [-0.39, 0.29) is 37.0 Å². The van der Waals surface area contributed by atoms with Crippen LogP contribution < -0.4 is 11.1 Å². The maximum atomic E-state index is 13.8. The second kappa shape index (κ2) is 12.2. The molecule has 3 N–H and O–H groups in total. The minimum atomic E-state index is -0.621. The number of carbonyl (C=O) groups is 3. The Labute approximate surface area is 182 Å². The Hall–Kier alpha value is -2.74. The van der Waals surface area contributed by atoms with E-state index in [4.69, 9.17) is 10.5 Å². The highest BCUT2D eigenvalue weighted by Gasteiger charge is 2.37. The lowest BCUT2D eigenvalue weighted by atomic mass is 9.83. The molecule has 0 spiro atoms. The lowest BCUT2D eigenvalue weighted by Crippen LogP contribution is -2.44. The van der Waals surface area contributed by atoms with Crippen LogP contribution >= 0.6 is 0 Å². The number of hydrogen-bond acceptors (Lipinski definition) is 5. The zero-order chi connectivity index (χ0) is 22.8. The van der Waals surface area contributed by atoms with Gasteiger partial charge in [-0.05, 0) is 50.9 Å². The summed E-state index contributed by atoms with van der Waals surface area (Å²) in [5, 5.41) is 2.82. The molecule has 0 radical (unpaired) electrons. The summed E-state index contributed by atoms with van der Waals surface area (Å²) in [5.41, 5.74) is 6.63. The van der Waals surface area contributed by atoms with Gasteiger partial charge >= 0.3 is 5.97 Å². The molecule has 2 rings (SSSR count). The highest BCUT2D eigenvalue weighted by atomic mass is 19.1. The Balaban J connectivity index is 2.16. The van der Waals surface area contributed by atoms with Gasteiger partial charge in [-0.15, -0.1) is 0 Å². The largest absolute Gasteiger partial charge is 0.463 e. The number of halogens is 1. The van der Waals surface area contributed by atoms with Crippen molar-refractivity contribution in [3.63, 3.8) is 0 Å². The van der Waals surface area contributed by atoms with E-state index in [0.29, 0.717) is 24.4 Å². The molecule has 0 saturated carbocycles. The lowest BCUT2D eigenvalue weighted by molar-refractivity contribution is -0.141. The van der Waals surface area contributed by atoms with E-state index in [2.05, 4.69) is 5.32 Å². The number of nitrogens with two attached hydrogens (primary N) is 1. The molecule has 7 nitrogen and oxygen atoms in total. The molecule has 0 fully saturated rings. The summed E-state index contributed by atoms with van der Waals surface area (Å²) in [7, 11) is 0. The van der Waals surface area contributed by atoms with Crippen molar-refractivity contribution >= 4 is 17.8 Å². The Kier molecular flexibility index (Phi) is 9.65. The molecule has 170 valence electrons. The van der Waals surface area contributed by atoms with Crippen LogP contribution in [0.1, 0.15) is 57.4 Å². The second-order valence-electron chi connectivity index (χ2n) is 7.56. The summed E-state index contributed by atoms with van der Waals surface area (Å²) >= 11 is 0. The fraction of sp³-hybridized carbons (Fsp3) is 0.522. The van der Waals surface area contributed by atoms with Crippen LogP contribution in [0.25, 0.3) is 0 Å². The van der Waals surface area contributed by atoms with Crippen LogP contribution in [0.15, 0.2) is 35.5 Å². The van der Waals surface area contributed by atoms with E-state index in [1.807, 2.05) is 0 Å². The quantitative estimate of drug-likeness (QED) is 0.413. The first kappa shape index (κ1) is 24.5. The zero-order valence-electron chi connectivity index (χ0n) is 18.3. The summed E-state index contributed by atoms with van der Waals surface area (Å²) in [5.74, 6) is -2.22. The van der Waals surface area contributed by atoms with Crippen LogP contribution in [0.2, 0.25) is 0 Å². The minimum absolute atomic E-state index is 0.0404. The van der Waals surface area contributed by atoms with E-state index >= 15 is 0 Å². The maximum absolute atomic E-state index is 13.8. The van der Waals surface area contributed by atoms with Crippen LogP contribution in [-0.2, 0) is 19.1 Å². The van der Waals surface area contributed by atoms with Crippen LogP contribution in [0, 0.1) is 5.82 Å². The highest BCUT2D eigenvalue weighted by Crippen LogP contribution is 2.37. The normalized spacial score (nSPS) is 16.5. The first-order valence-electron chi connectivity index (χ1n) is 10.8. The molecule has 1 heterocycles. The molecule has 0 bridgehead atoms. The number of ether oxygens (including phenoxy) is 1. The molecule has 1 aromatic carbocycles. The van der Waals surface area contributed by atoms with Gasteiger partial charge in [0.15, 0.2) is 0 Å². The van der Waals surface area contributed by atoms with E-state index in [0.717, 1.165) is 25.7 Å². The minimum Gasteiger partial charge on any atom is -0.463 e. The van der Waals surface area contributed by atoms with E-state index < -0.39 is 17.7 Å². The summed E-state index contributed by atoms with van der Waals surface area (Å²) in [4.78, 5) is 39.2. The summed E-state index contributed by atoms with van der Waals surface area (Å²) in [6, 6.07) is 5.85. The van der Waals surface area contributed by atoms with Crippen molar-refractivity contribution in [3.8, 4) is 0 Å². The first-order valence-corrected chi connectivity index (χ1v) is 10.8. The fourth-order valence-corrected chi connectivity index (χ4v) is 3.74. The van der Waals surface area contributed by atoms with Gasteiger partial charge in [-0.3, -0.25) is 9.59 Å². The van der Waals surface area contributed by atoms with Crippen LogP contribution in [0.3, 0.4) is 0 Å². The monoisotopic (exact) mass is 433 g/mol. The number of rotatable bonds is 11. The van der Waals surface area contributed by atoms with Crippen LogP contribution in [0.4, 0.5) is 4.39 Å². The van der Waals surface area contributed by atoms with Gasteiger partial charge < -0.3 is 20.7 Å². The van der Waals surface area contributed by atoms with Crippen molar-refractivity contribution in [1.29, 1.82) is 0 Å². The predicted octanol–water partition coefficient (Wildman–Crippen LogP) is 2.61. The Bertz CT molecular complexity index is 825. The number of allylic oxidation sites excluding steroid dienone is 1. The number of esters is 1. The zero-order valence-corrected chi connectivity index (χ0v) is 18.3. The summed E-state index contributed by atoms with van der Waals surface area (Å²) < 4.78 is 19.0. The van der Waals surface area contributed by atoms with Gasteiger partial charge in [-0.1, -0.05) is 25.0 Å². The standard InChI is InChI=1S/C23H32FN3O4/c1-3-31-23(30)22-16(2)27(15-20(28)26-12-7-5-4-6-11-25)21(29)14-19(22)17-9-8-10-18(24)13-17/h8-10,13,19H,3-7,11-12,14-15,25H2,1-2H3,(H,26,28). The van der Waals surface area contributed by atoms with Gasteiger partial charge in [0, 0.05) is 24.6 Å². The SMILES string of the molecule is CCOC(=O)C1=C(C)N(CC(=O)NCCCCCCN)C(=O)CC1c1cccc(F)c1. The molecule has 1 aliphatic heterocycles. The second-order valence-corrected chi connectivity index (χ2v) is 7.56. The molecule has 8 heteroatoms. The van der Waals surface area contributed by atoms with E-state index in [1.54, 1.807) is 26.0 Å². The fourth-order valence-electron chi connectivity index (χ4n) is 3.74. The smallest absolute Gasteiger partial charge is 0.336 e. The van der Waals surface area contributed by atoms with Crippen LogP contribution in [-0.4, -0.2) is 48.9 Å². The molecule has 1 aromatic rings. The number of benzene rings is 1. The Morgan fingerprint density at radius 3 is 2.68 bits per heavy atom. The van der Waals surface area contributed by atoms with Gasteiger partial charge in [0.1, 0.15) is 12.4 Å². The third kappa shape index (κ3) is 6.89. The molecule has 1 atom stereocenters. The average molecular weight is 434 g/mol. The molecule has 0 aromatic heterocycles. The average Bonchev–Trinajstić information content (AvgIpc) is 2.73. The highest BCUT2D eigenvalue weighted by molar-refractivity contribution is 5.97. The predicted molar refractivity (Wildman–Crippen MR) is 115 cm³/mol. The lowest BCUT2D eigenvalue weighted by Gasteiger charge is -2.34. The van der Waals surface area contributed by atoms with E-state index in [9.17, 15) is 18.8 Å². The van der Waals surface area contributed by atoms with E-state index in [1.165, 1.54) is 17.0 Å². The number of nitrogens with one attached hydrogen (secondary N) is 1. The first-order chi connectivity index (χ1) is 14.9. The third-order valence-corrected chi connectivity index (χ3v) is 5.32. The van der Waals surface area contributed by atoms with Crippen molar-refractivity contribution in [2.45, 2.75) is 51.9 Å². The molecular formula is C23H32FN3O4. The number of carbonyl (C=O) groups excluding carboxylic acids is 3. The Morgan fingerprint density at radius 1 is 1.26 bits per heavy atom.